The lowest BCUT2D eigenvalue weighted by atomic mass is 10.2. The first-order valence-corrected chi connectivity index (χ1v) is 10.7. The summed E-state index contributed by atoms with van der Waals surface area (Å²) in [6.07, 6.45) is 0.146. The van der Waals surface area contributed by atoms with Gasteiger partial charge in [0.25, 0.3) is 0 Å². The van der Waals surface area contributed by atoms with Gasteiger partial charge in [-0.15, -0.1) is 11.8 Å². The van der Waals surface area contributed by atoms with Crippen molar-refractivity contribution in [2.75, 3.05) is 28.7 Å². The molecule has 3 N–H and O–H groups in total. The van der Waals surface area contributed by atoms with Crippen LogP contribution in [-0.2, 0) is 14.4 Å². The maximum Gasteiger partial charge on any atom is 0.234 e. The number of rotatable bonds is 9. The molecule has 0 bridgehead atoms. The van der Waals surface area contributed by atoms with Crippen LogP contribution >= 0.6 is 27.7 Å². The van der Waals surface area contributed by atoms with Crippen molar-refractivity contribution < 1.29 is 18.8 Å². The molecule has 154 valence electrons. The zero-order chi connectivity index (χ0) is 21.2. The van der Waals surface area contributed by atoms with Gasteiger partial charge in [0, 0.05) is 28.8 Å². The van der Waals surface area contributed by atoms with Gasteiger partial charge in [-0.05, 0) is 48.9 Å². The second kappa shape index (κ2) is 11.6. The van der Waals surface area contributed by atoms with Gasteiger partial charge in [-0.3, -0.25) is 14.4 Å². The molecule has 9 heteroatoms. The molecule has 0 unspecified atom stereocenters. The van der Waals surface area contributed by atoms with Crippen molar-refractivity contribution in [1.82, 2.24) is 5.32 Å². The van der Waals surface area contributed by atoms with Crippen LogP contribution in [0.5, 0.6) is 0 Å². The Balaban J connectivity index is 1.60. The van der Waals surface area contributed by atoms with Crippen LogP contribution in [-0.4, -0.2) is 35.8 Å². The monoisotopic (exact) mass is 481 g/mol. The van der Waals surface area contributed by atoms with Gasteiger partial charge in [-0.1, -0.05) is 22.0 Å². The Morgan fingerprint density at radius 2 is 1.66 bits per heavy atom. The molecule has 0 heterocycles. The average Bonchev–Trinajstić information content (AvgIpc) is 2.66. The highest BCUT2D eigenvalue weighted by Crippen LogP contribution is 2.20. The van der Waals surface area contributed by atoms with Crippen LogP contribution in [0.15, 0.2) is 46.9 Å². The van der Waals surface area contributed by atoms with E-state index in [-0.39, 0.29) is 48.0 Å². The van der Waals surface area contributed by atoms with E-state index in [0.29, 0.717) is 5.69 Å². The van der Waals surface area contributed by atoms with E-state index in [0.717, 1.165) is 27.5 Å². The minimum atomic E-state index is -0.380. The van der Waals surface area contributed by atoms with Crippen molar-refractivity contribution >= 4 is 56.8 Å². The summed E-state index contributed by atoms with van der Waals surface area (Å²) in [6.45, 7) is 2.10. The molecule has 2 aromatic rings. The number of hydrogen-bond acceptors (Lipinski definition) is 4. The highest BCUT2D eigenvalue weighted by atomic mass is 79.9. The molecule has 2 aromatic carbocycles. The summed E-state index contributed by atoms with van der Waals surface area (Å²) in [5, 5.41) is 8.08. The van der Waals surface area contributed by atoms with Crippen LogP contribution in [0.4, 0.5) is 15.8 Å². The Hall–Kier alpha value is -2.39. The molecule has 3 amide bonds. The number of carbonyl (C=O) groups is 3. The van der Waals surface area contributed by atoms with Crippen molar-refractivity contribution in [2.24, 2.45) is 0 Å². The molecule has 0 fully saturated rings. The maximum absolute atomic E-state index is 12.8. The summed E-state index contributed by atoms with van der Waals surface area (Å²) in [6, 6.07) is 11.0. The third kappa shape index (κ3) is 8.66. The quantitative estimate of drug-likeness (QED) is 0.509. The number of halogens is 2. The molecule has 0 atom stereocenters. The van der Waals surface area contributed by atoms with E-state index in [1.807, 2.05) is 25.1 Å². The topological polar surface area (TPSA) is 87.3 Å². The molecule has 0 spiro atoms. The lowest BCUT2D eigenvalue weighted by molar-refractivity contribution is -0.119. The third-order valence-electron chi connectivity index (χ3n) is 3.74. The van der Waals surface area contributed by atoms with E-state index in [4.69, 9.17) is 0 Å². The molecule has 0 saturated carbocycles. The van der Waals surface area contributed by atoms with E-state index in [9.17, 15) is 18.8 Å². The molecule has 6 nitrogen and oxygen atoms in total. The van der Waals surface area contributed by atoms with Gasteiger partial charge in [-0.2, -0.15) is 0 Å². The molecule has 0 aliphatic rings. The number of amides is 3. The van der Waals surface area contributed by atoms with Crippen molar-refractivity contribution in [2.45, 2.75) is 13.3 Å². The van der Waals surface area contributed by atoms with Crippen molar-refractivity contribution in [3.05, 3.63) is 58.3 Å². The first-order valence-electron chi connectivity index (χ1n) is 8.79. The molecular weight excluding hydrogens is 461 g/mol. The average molecular weight is 482 g/mol. The Kier molecular flexibility index (Phi) is 9.14. The standard InChI is InChI=1S/C20H21BrFN3O3S/c1-13-2-3-14(21)10-17(13)25-18(26)8-9-23-19(27)11-29-12-20(28)24-16-6-4-15(22)5-7-16/h2-7,10H,8-9,11-12H2,1H3,(H,23,27)(H,24,28)(H,25,26). The first-order chi connectivity index (χ1) is 13.8. The van der Waals surface area contributed by atoms with Crippen LogP contribution in [0.25, 0.3) is 0 Å². The maximum atomic E-state index is 12.8. The molecule has 2 rings (SSSR count). The molecule has 0 aliphatic carbocycles. The summed E-state index contributed by atoms with van der Waals surface area (Å²) < 4.78 is 13.7. The zero-order valence-electron chi connectivity index (χ0n) is 15.8. The van der Waals surface area contributed by atoms with Gasteiger partial charge in [0.05, 0.1) is 11.5 Å². The lowest BCUT2D eigenvalue weighted by Gasteiger charge is -2.09. The SMILES string of the molecule is Cc1ccc(Br)cc1NC(=O)CCNC(=O)CSCC(=O)Nc1ccc(F)cc1. The van der Waals surface area contributed by atoms with Gasteiger partial charge in [0.15, 0.2) is 0 Å². The summed E-state index contributed by atoms with van der Waals surface area (Å²) in [7, 11) is 0. The number of thioether (sulfide) groups is 1. The Morgan fingerprint density at radius 1 is 0.966 bits per heavy atom. The van der Waals surface area contributed by atoms with E-state index < -0.39 is 0 Å². The first kappa shape index (κ1) is 22.9. The Bertz CT molecular complexity index is 878. The second-order valence-electron chi connectivity index (χ2n) is 6.16. The summed E-state index contributed by atoms with van der Waals surface area (Å²) in [5.41, 5.74) is 2.16. The summed E-state index contributed by atoms with van der Waals surface area (Å²) in [5.74, 6) is -0.919. The predicted molar refractivity (Wildman–Crippen MR) is 117 cm³/mol. The molecule has 0 aliphatic heterocycles. The molecule has 0 saturated heterocycles. The normalized spacial score (nSPS) is 10.3. The fourth-order valence-electron chi connectivity index (χ4n) is 2.27. The highest BCUT2D eigenvalue weighted by molar-refractivity contribution is 9.10. The minimum absolute atomic E-state index is 0.0907. The van der Waals surface area contributed by atoms with Crippen LogP contribution in [0.3, 0.4) is 0 Å². The predicted octanol–water partition coefficient (Wildman–Crippen LogP) is 3.71. The third-order valence-corrected chi connectivity index (χ3v) is 5.17. The van der Waals surface area contributed by atoms with Crippen molar-refractivity contribution in [3.8, 4) is 0 Å². The second-order valence-corrected chi connectivity index (χ2v) is 8.06. The minimum Gasteiger partial charge on any atom is -0.355 e. The molecule has 0 aromatic heterocycles. The Labute approximate surface area is 181 Å². The van der Waals surface area contributed by atoms with Gasteiger partial charge >= 0.3 is 0 Å². The lowest BCUT2D eigenvalue weighted by Crippen LogP contribution is -2.29. The van der Waals surface area contributed by atoms with Crippen molar-refractivity contribution in [3.63, 3.8) is 0 Å². The van der Waals surface area contributed by atoms with E-state index >= 15 is 0 Å². The van der Waals surface area contributed by atoms with Crippen molar-refractivity contribution in [1.29, 1.82) is 0 Å². The number of anilines is 2. The number of nitrogens with one attached hydrogen (secondary N) is 3. The highest BCUT2D eigenvalue weighted by Gasteiger charge is 2.09. The van der Waals surface area contributed by atoms with Crippen LogP contribution in [0.2, 0.25) is 0 Å². The fourth-order valence-corrected chi connectivity index (χ4v) is 3.28. The van der Waals surface area contributed by atoms with Crippen LogP contribution in [0.1, 0.15) is 12.0 Å². The number of hydrogen-bond donors (Lipinski definition) is 3. The van der Waals surface area contributed by atoms with Gasteiger partial charge in [0.2, 0.25) is 17.7 Å². The largest absolute Gasteiger partial charge is 0.355 e. The van der Waals surface area contributed by atoms with Gasteiger partial charge < -0.3 is 16.0 Å². The summed E-state index contributed by atoms with van der Waals surface area (Å²) >= 11 is 4.51. The zero-order valence-corrected chi connectivity index (χ0v) is 18.2. The Morgan fingerprint density at radius 3 is 2.38 bits per heavy atom. The van der Waals surface area contributed by atoms with Gasteiger partial charge in [0.1, 0.15) is 5.82 Å². The fraction of sp³-hybridized carbons (Fsp3) is 0.250. The summed E-state index contributed by atoms with van der Waals surface area (Å²) in [4.78, 5) is 35.6. The number of benzene rings is 2. The van der Waals surface area contributed by atoms with E-state index in [1.165, 1.54) is 24.3 Å². The molecule has 29 heavy (non-hydrogen) atoms. The molecular formula is C20H21BrFN3O3S. The van der Waals surface area contributed by atoms with Crippen LogP contribution < -0.4 is 16.0 Å². The van der Waals surface area contributed by atoms with Gasteiger partial charge in [-0.25, -0.2) is 4.39 Å². The molecule has 0 radical (unpaired) electrons. The number of carbonyl (C=O) groups excluding carboxylic acids is 3. The van der Waals surface area contributed by atoms with E-state index in [2.05, 4.69) is 31.9 Å². The smallest absolute Gasteiger partial charge is 0.234 e. The van der Waals surface area contributed by atoms with E-state index in [1.54, 1.807) is 0 Å². The number of aryl methyl sites for hydroxylation is 1. The van der Waals surface area contributed by atoms with Crippen LogP contribution in [0, 0.1) is 12.7 Å².